The molecule has 38 heavy (non-hydrogen) atoms. The van der Waals surface area contributed by atoms with Crippen molar-refractivity contribution in [3.8, 4) is 0 Å². The van der Waals surface area contributed by atoms with Crippen LogP contribution in [-0.4, -0.2) is 24.8 Å². The average Bonchev–Trinajstić information content (AvgIpc) is 3.37. The molecule has 0 radical (unpaired) electrons. The van der Waals surface area contributed by atoms with Crippen molar-refractivity contribution < 1.29 is 4.39 Å². The van der Waals surface area contributed by atoms with E-state index in [4.69, 9.17) is 9.97 Å². The molecular formula is C31H31FN6. The maximum atomic E-state index is 13.8. The monoisotopic (exact) mass is 506 g/mol. The first-order chi connectivity index (χ1) is 18.7. The molecule has 7 heteroatoms. The number of hydrogen-bond donors (Lipinski definition) is 2. The zero-order valence-corrected chi connectivity index (χ0v) is 21.3. The third-order valence-electron chi connectivity index (χ3n) is 7.26. The Morgan fingerprint density at radius 1 is 0.868 bits per heavy atom. The van der Waals surface area contributed by atoms with Crippen molar-refractivity contribution in [2.45, 2.75) is 51.5 Å². The number of imidazole rings is 1. The van der Waals surface area contributed by atoms with E-state index in [0.717, 1.165) is 48.2 Å². The highest BCUT2D eigenvalue weighted by Gasteiger charge is 2.28. The second-order valence-electron chi connectivity index (χ2n) is 9.91. The molecule has 5 aromatic rings. The van der Waals surface area contributed by atoms with Gasteiger partial charge in [0.25, 0.3) is 0 Å². The summed E-state index contributed by atoms with van der Waals surface area (Å²) in [6.07, 6.45) is 6.85. The number of H-pyrrole nitrogens is 1. The van der Waals surface area contributed by atoms with E-state index < -0.39 is 0 Å². The summed E-state index contributed by atoms with van der Waals surface area (Å²) in [6, 6.07) is 24.4. The van der Waals surface area contributed by atoms with Gasteiger partial charge in [-0.05, 0) is 66.3 Å². The largest absolute Gasteiger partial charge is 0.341 e. The lowest BCUT2D eigenvalue weighted by atomic mass is 9.90. The van der Waals surface area contributed by atoms with Gasteiger partial charge in [0.2, 0.25) is 0 Å². The van der Waals surface area contributed by atoms with E-state index >= 15 is 0 Å². The molecule has 0 aliphatic heterocycles. The molecular weight excluding hydrogens is 475 g/mol. The number of rotatable bonds is 9. The molecule has 0 fully saturated rings. The molecule has 2 N–H and O–H groups in total. The SMILES string of the molecule is Fc1cccnc1CNCc1ccc(CN(Cc2nc3ccccc3[nH]2)C2CCCc3cccnc32)cc1. The van der Waals surface area contributed by atoms with E-state index in [1.807, 2.05) is 30.5 Å². The van der Waals surface area contributed by atoms with Crippen LogP contribution in [0.3, 0.4) is 0 Å². The highest BCUT2D eigenvalue weighted by molar-refractivity contribution is 5.74. The number of aromatic amines is 1. The van der Waals surface area contributed by atoms with Crippen LogP contribution in [0.4, 0.5) is 4.39 Å². The minimum atomic E-state index is -0.279. The third kappa shape index (κ3) is 5.49. The summed E-state index contributed by atoms with van der Waals surface area (Å²) in [7, 11) is 0. The van der Waals surface area contributed by atoms with Crippen LogP contribution in [0, 0.1) is 5.82 Å². The van der Waals surface area contributed by atoms with Crippen molar-refractivity contribution >= 4 is 11.0 Å². The number of benzene rings is 2. The number of fused-ring (bicyclic) bond motifs is 2. The Bertz CT molecular complexity index is 1480. The van der Waals surface area contributed by atoms with E-state index in [2.05, 4.69) is 56.6 Å². The number of hydrogen-bond acceptors (Lipinski definition) is 5. The first kappa shape index (κ1) is 24.4. The molecule has 0 bridgehead atoms. The molecule has 3 heterocycles. The second kappa shape index (κ2) is 11.2. The highest BCUT2D eigenvalue weighted by Crippen LogP contribution is 2.34. The highest BCUT2D eigenvalue weighted by atomic mass is 19.1. The summed E-state index contributed by atoms with van der Waals surface area (Å²) in [6.45, 7) is 2.56. The molecule has 2 aromatic carbocycles. The molecule has 192 valence electrons. The van der Waals surface area contributed by atoms with Crippen molar-refractivity contribution in [2.75, 3.05) is 0 Å². The summed E-state index contributed by atoms with van der Waals surface area (Å²) in [5, 5.41) is 3.29. The van der Waals surface area contributed by atoms with Crippen molar-refractivity contribution in [1.29, 1.82) is 0 Å². The van der Waals surface area contributed by atoms with E-state index in [1.165, 1.54) is 22.9 Å². The number of para-hydroxylation sites is 2. The standard InChI is InChI=1S/C31H31FN6/c32-25-8-5-16-34-28(25)19-33-18-22-12-14-23(15-13-22)20-38(21-30-36-26-9-1-2-10-27(26)37-30)29-11-3-6-24-7-4-17-35-31(24)29/h1-2,4-5,7-10,12-17,29,33H,3,6,11,18-21H2,(H,36,37). The molecule has 1 aliphatic carbocycles. The van der Waals surface area contributed by atoms with Crippen LogP contribution in [-0.2, 0) is 32.6 Å². The first-order valence-corrected chi connectivity index (χ1v) is 13.2. The quantitative estimate of drug-likeness (QED) is 0.262. The first-order valence-electron chi connectivity index (χ1n) is 13.2. The minimum Gasteiger partial charge on any atom is -0.341 e. The Morgan fingerprint density at radius 2 is 1.68 bits per heavy atom. The summed E-state index contributed by atoms with van der Waals surface area (Å²) in [5.74, 6) is 0.690. The number of aryl methyl sites for hydroxylation is 1. The molecule has 0 amide bonds. The zero-order valence-electron chi connectivity index (χ0n) is 21.3. The fourth-order valence-corrected chi connectivity index (χ4v) is 5.36. The Balaban J connectivity index is 1.19. The molecule has 0 spiro atoms. The molecule has 1 atom stereocenters. The lowest BCUT2D eigenvalue weighted by Gasteiger charge is -2.34. The van der Waals surface area contributed by atoms with Gasteiger partial charge in [-0.3, -0.25) is 14.9 Å². The Labute approximate surface area is 222 Å². The molecule has 6 nitrogen and oxygen atoms in total. The summed E-state index contributed by atoms with van der Waals surface area (Å²) < 4.78 is 13.8. The number of aromatic nitrogens is 4. The lowest BCUT2D eigenvalue weighted by Crippen LogP contribution is -2.31. The predicted octanol–water partition coefficient (Wildman–Crippen LogP) is 5.86. The topological polar surface area (TPSA) is 69.7 Å². The van der Waals surface area contributed by atoms with Gasteiger partial charge < -0.3 is 10.3 Å². The average molecular weight is 507 g/mol. The van der Waals surface area contributed by atoms with Crippen LogP contribution in [0.15, 0.2) is 85.2 Å². The van der Waals surface area contributed by atoms with Gasteiger partial charge >= 0.3 is 0 Å². The van der Waals surface area contributed by atoms with E-state index in [0.29, 0.717) is 25.3 Å². The Kier molecular flexibility index (Phi) is 7.20. The Morgan fingerprint density at radius 3 is 2.55 bits per heavy atom. The van der Waals surface area contributed by atoms with Gasteiger partial charge in [0.1, 0.15) is 11.6 Å². The van der Waals surface area contributed by atoms with Crippen LogP contribution in [0.2, 0.25) is 0 Å². The van der Waals surface area contributed by atoms with Crippen molar-refractivity contribution in [1.82, 2.24) is 30.2 Å². The van der Waals surface area contributed by atoms with E-state index in [1.54, 1.807) is 12.3 Å². The molecule has 6 rings (SSSR count). The van der Waals surface area contributed by atoms with Crippen molar-refractivity contribution in [3.63, 3.8) is 0 Å². The number of nitrogens with one attached hydrogen (secondary N) is 2. The molecule has 3 aromatic heterocycles. The number of nitrogens with zero attached hydrogens (tertiary/aromatic N) is 4. The van der Waals surface area contributed by atoms with Gasteiger partial charge in [-0.25, -0.2) is 9.37 Å². The van der Waals surface area contributed by atoms with Gasteiger partial charge in [-0.15, -0.1) is 0 Å². The van der Waals surface area contributed by atoms with Gasteiger partial charge in [0, 0.05) is 32.0 Å². The van der Waals surface area contributed by atoms with Gasteiger partial charge in [-0.1, -0.05) is 42.5 Å². The molecule has 0 saturated carbocycles. The smallest absolute Gasteiger partial charge is 0.146 e. The van der Waals surface area contributed by atoms with Crippen LogP contribution in [0.5, 0.6) is 0 Å². The van der Waals surface area contributed by atoms with E-state index in [9.17, 15) is 4.39 Å². The summed E-state index contributed by atoms with van der Waals surface area (Å²) in [4.78, 5) is 19.8. The number of halogens is 1. The maximum absolute atomic E-state index is 13.8. The second-order valence-corrected chi connectivity index (χ2v) is 9.91. The third-order valence-corrected chi connectivity index (χ3v) is 7.26. The van der Waals surface area contributed by atoms with Crippen LogP contribution in [0.1, 0.15) is 52.8 Å². The molecule has 1 unspecified atom stereocenters. The van der Waals surface area contributed by atoms with Crippen molar-refractivity contribution in [3.05, 3.63) is 125 Å². The summed E-state index contributed by atoms with van der Waals surface area (Å²) in [5.41, 5.74) is 7.43. The van der Waals surface area contributed by atoms with E-state index in [-0.39, 0.29) is 11.9 Å². The lowest BCUT2D eigenvalue weighted by molar-refractivity contribution is 0.153. The normalized spacial score (nSPS) is 15.2. The van der Waals surface area contributed by atoms with Gasteiger partial charge in [0.15, 0.2) is 0 Å². The molecule has 0 saturated heterocycles. The zero-order chi connectivity index (χ0) is 25.7. The van der Waals surface area contributed by atoms with Gasteiger partial charge in [-0.2, -0.15) is 0 Å². The predicted molar refractivity (Wildman–Crippen MR) is 146 cm³/mol. The Hall–Kier alpha value is -3.94. The molecule has 1 aliphatic rings. The van der Waals surface area contributed by atoms with Gasteiger partial charge in [0.05, 0.1) is 35.0 Å². The number of pyridine rings is 2. The fraction of sp³-hybridized carbons (Fsp3) is 0.258. The van der Waals surface area contributed by atoms with Crippen LogP contribution >= 0.6 is 0 Å². The maximum Gasteiger partial charge on any atom is 0.146 e. The van der Waals surface area contributed by atoms with Crippen LogP contribution < -0.4 is 5.32 Å². The van der Waals surface area contributed by atoms with Crippen molar-refractivity contribution in [2.24, 2.45) is 0 Å². The van der Waals surface area contributed by atoms with Crippen LogP contribution in [0.25, 0.3) is 11.0 Å². The minimum absolute atomic E-state index is 0.239. The fourth-order valence-electron chi connectivity index (χ4n) is 5.36. The summed E-state index contributed by atoms with van der Waals surface area (Å²) >= 11 is 0.